The number of thiophene rings is 1. The molecule has 0 saturated carbocycles. The molecule has 17 heavy (non-hydrogen) atoms. The monoisotopic (exact) mass is 242 g/mol. The van der Waals surface area contributed by atoms with E-state index in [4.69, 9.17) is 0 Å². The quantitative estimate of drug-likeness (QED) is 0.725. The van der Waals surface area contributed by atoms with Gasteiger partial charge in [0.05, 0.1) is 0 Å². The van der Waals surface area contributed by atoms with E-state index in [1.54, 1.807) is 6.92 Å². The number of benzene rings is 1. The Morgan fingerprint density at radius 2 is 2.00 bits per heavy atom. The van der Waals surface area contributed by atoms with E-state index < -0.39 is 0 Å². The summed E-state index contributed by atoms with van der Waals surface area (Å²) in [7, 11) is 0. The summed E-state index contributed by atoms with van der Waals surface area (Å²) in [6.07, 6.45) is 0. The number of rotatable bonds is 1. The minimum absolute atomic E-state index is 0.211. The fourth-order valence-electron chi connectivity index (χ4n) is 2.92. The lowest BCUT2D eigenvalue weighted by Gasteiger charge is -2.06. The molecule has 3 rings (SSSR count). The Labute approximate surface area is 105 Å². The van der Waals surface area contributed by atoms with Crippen LogP contribution in [0.3, 0.4) is 0 Å². The Hall–Kier alpha value is -1.41. The highest BCUT2D eigenvalue weighted by atomic mass is 32.1. The zero-order chi connectivity index (χ0) is 12.2. The molecule has 1 heterocycles. The number of carbonyl (C=O) groups excluding carboxylic acids is 1. The molecule has 0 radical (unpaired) electrons. The molecule has 0 amide bonds. The van der Waals surface area contributed by atoms with E-state index in [0.29, 0.717) is 0 Å². The zero-order valence-corrected chi connectivity index (χ0v) is 11.0. The highest BCUT2D eigenvalue weighted by molar-refractivity contribution is 7.19. The van der Waals surface area contributed by atoms with Gasteiger partial charge in [0.1, 0.15) is 0 Å². The first kappa shape index (κ1) is 10.7. The van der Waals surface area contributed by atoms with Gasteiger partial charge in [0.15, 0.2) is 5.78 Å². The Kier molecular flexibility index (Phi) is 2.23. The molecular weight excluding hydrogens is 228 g/mol. The van der Waals surface area contributed by atoms with Crippen molar-refractivity contribution in [2.75, 3.05) is 0 Å². The van der Waals surface area contributed by atoms with Crippen molar-refractivity contribution in [1.29, 1.82) is 0 Å². The van der Waals surface area contributed by atoms with Gasteiger partial charge in [-0.15, -0.1) is 11.3 Å². The number of ketones is 1. The van der Waals surface area contributed by atoms with Crippen LogP contribution in [0, 0.1) is 0 Å². The Morgan fingerprint density at radius 1 is 1.29 bits per heavy atom. The molecule has 1 atom stereocenters. The molecule has 1 nitrogen and oxygen atoms in total. The van der Waals surface area contributed by atoms with Gasteiger partial charge in [-0.3, -0.25) is 4.79 Å². The van der Waals surface area contributed by atoms with Gasteiger partial charge in [-0.05, 0) is 25.5 Å². The molecule has 1 aliphatic rings. The third-order valence-corrected chi connectivity index (χ3v) is 4.96. The van der Waals surface area contributed by atoms with Gasteiger partial charge in [0, 0.05) is 32.0 Å². The topological polar surface area (TPSA) is 17.1 Å². The predicted molar refractivity (Wildman–Crippen MR) is 73.5 cm³/mol. The van der Waals surface area contributed by atoms with E-state index in [2.05, 4.69) is 38.1 Å². The molecule has 1 aromatic heterocycles. The SMILES string of the molecule is CC(=O)C1=C(C)c2c(sc3ccccc23)C1C. The molecule has 0 fully saturated rings. The molecule has 0 aliphatic heterocycles. The summed E-state index contributed by atoms with van der Waals surface area (Å²) < 4.78 is 1.33. The molecule has 0 saturated heterocycles. The number of Topliss-reactive ketones (excluding diaryl/α,β-unsaturated/α-hetero) is 1. The zero-order valence-electron chi connectivity index (χ0n) is 10.2. The van der Waals surface area contributed by atoms with E-state index >= 15 is 0 Å². The highest BCUT2D eigenvalue weighted by Crippen LogP contribution is 2.49. The molecule has 1 unspecified atom stereocenters. The highest BCUT2D eigenvalue weighted by Gasteiger charge is 2.31. The fourth-order valence-corrected chi connectivity index (χ4v) is 4.24. The minimum Gasteiger partial charge on any atom is -0.295 e. The Balaban J connectivity index is 2.37. The molecule has 2 aromatic rings. The molecule has 2 heteroatoms. The molecule has 0 bridgehead atoms. The van der Waals surface area contributed by atoms with Crippen molar-refractivity contribution in [3.63, 3.8) is 0 Å². The third kappa shape index (κ3) is 1.34. The first-order valence-corrected chi connectivity index (χ1v) is 6.66. The van der Waals surface area contributed by atoms with Crippen molar-refractivity contribution in [3.8, 4) is 0 Å². The molecule has 1 aliphatic carbocycles. The number of hydrogen-bond donors (Lipinski definition) is 0. The maximum absolute atomic E-state index is 11.7. The molecule has 1 aromatic carbocycles. The number of hydrogen-bond acceptors (Lipinski definition) is 2. The molecular formula is C15H14OS. The molecule has 86 valence electrons. The van der Waals surface area contributed by atoms with Crippen molar-refractivity contribution in [3.05, 3.63) is 40.3 Å². The van der Waals surface area contributed by atoms with E-state index in [0.717, 1.165) is 5.57 Å². The fraction of sp³-hybridized carbons (Fsp3) is 0.267. The van der Waals surface area contributed by atoms with Crippen molar-refractivity contribution < 1.29 is 4.79 Å². The van der Waals surface area contributed by atoms with Crippen molar-refractivity contribution in [2.45, 2.75) is 26.7 Å². The Morgan fingerprint density at radius 3 is 2.71 bits per heavy atom. The van der Waals surface area contributed by atoms with Crippen LogP contribution in [0.1, 0.15) is 37.1 Å². The minimum atomic E-state index is 0.211. The van der Waals surface area contributed by atoms with Gasteiger partial charge in [-0.1, -0.05) is 25.1 Å². The van der Waals surface area contributed by atoms with Crippen LogP contribution in [-0.2, 0) is 4.79 Å². The molecule has 0 spiro atoms. The average molecular weight is 242 g/mol. The maximum Gasteiger partial charge on any atom is 0.156 e. The van der Waals surface area contributed by atoms with E-state index in [1.807, 2.05) is 11.3 Å². The van der Waals surface area contributed by atoms with E-state index in [1.165, 1.54) is 26.1 Å². The summed E-state index contributed by atoms with van der Waals surface area (Å²) in [4.78, 5) is 13.1. The third-order valence-electron chi connectivity index (χ3n) is 3.61. The normalized spacial score (nSPS) is 18.9. The lowest BCUT2D eigenvalue weighted by atomic mass is 9.99. The predicted octanol–water partition coefficient (Wildman–Crippen LogP) is 4.38. The van der Waals surface area contributed by atoms with E-state index in [-0.39, 0.29) is 11.7 Å². The van der Waals surface area contributed by atoms with Crippen LogP contribution in [0.4, 0.5) is 0 Å². The second-order valence-corrected chi connectivity index (χ2v) is 5.74. The second kappa shape index (κ2) is 3.54. The Bertz CT molecular complexity index is 661. The summed E-state index contributed by atoms with van der Waals surface area (Å²) in [5.74, 6) is 0.474. The summed E-state index contributed by atoms with van der Waals surface area (Å²) in [6.45, 7) is 5.90. The standard InChI is InChI=1S/C15H14OS/c1-8-13(10(3)16)9(2)15-14(8)11-6-4-5-7-12(11)17-15/h4-7,9H,1-3H3. The summed E-state index contributed by atoms with van der Waals surface area (Å²) in [5.41, 5.74) is 3.48. The summed E-state index contributed by atoms with van der Waals surface area (Å²) in [6, 6.07) is 8.46. The smallest absolute Gasteiger partial charge is 0.156 e. The average Bonchev–Trinajstić information content (AvgIpc) is 2.76. The number of allylic oxidation sites excluding steroid dienone is 2. The number of carbonyl (C=O) groups is 1. The van der Waals surface area contributed by atoms with Gasteiger partial charge < -0.3 is 0 Å². The first-order valence-electron chi connectivity index (χ1n) is 5.84. The van der Waals surface area contributed by atoms with Crippen LogP contribution in [0.5, 0.6) is 0 Å². The summed E-state index contributed by atoms with van der Waals surface area (Å²) >= 11 is 1.83. The van der Waals surface area contributed by atoms with Crippen LogP contribution in [0.2, 0.25) is 0 Å². The largest absolute Gasteiger partial charge is 0.295 e. The van der Waals surface area contributed by atoms with Crippen LogP contribution >= 0.6 is 11.3 Å². The maximum atomic E-state index is 11.7. The second-order valence-electron chi connectivity index (χ2n) is 4.65. The van der Waals surface area contributed by atoms with Crippen LogP contribution in [0.25, 0.3) is 15.7 Å². The first-order chi connectivity index (χ1) is 8.11. The van der Waals surface area contributed by atoms with Gasteiger partial charge in [0.2, 0.25) is 0 Å². The molecule has 0 N–H and O–H groups in total. The summed E-state index contributed by atoms with van der Waals surface area (Å²) in [5, 5.41) is 1.30. The van der Waals surface area contributed by atoms with Crippen LogP contribution < -0.4 is 0 Å². The van der Waals surface area contributed by atoms with Crippen molar-refractivity contribution in [2.24, 2.45) is 0 Å². The lowest BCUT2D eigenvalue weighted by molar-refractivity contribution is -0.113. The number of fused-ring (bicyclic) bond motifs is 3. The van der Waals surface area contributed by atoms with Crippen LogP contribution in [0.15, 0.2) is 29.8 Å². The van der Waals surface area contributed by atoms with Gasteiger partial charge in [-0.25, -0.2) is 0 Å². The van der Waals surface area contributed by atoms with Gasteiger partial charge in [0.25, 0.3) is 0 Å². The van der Waals surface area contributed by atoms with Crippen LogP contribution in [-0.4, -0.2) is 5.78 Å². The van der Waals surface area contributed by atoms with Crippen molar-refractivity contribution in [1.82, 2.24) is 0 Å². The van der Waals surface area contributed by atoms with Gasteiger partial charge >= 0.3 is 0 Å². The van der Waals surface area contributed by atoms with Gasteiger partial charge in [-0.2, -0.15) is 0 Å². The van der Waals surface area contributed by atoms with E-state index in [9.17, 15) is 4.79 Å². The van der Waals surface area contributed by atoms with Crippen molar-refractivity contribution >= 4 is 32.8 Å². The lowest BCUT2D eigenvalue weighted by Crippen LogP contribution is -2.01.